The lowest BCUT2D eigenvalue weighted by atomic mass is 10.1. The molecule has 2 N–H and O–H groups in total. The van der Waals surface area contributed by atoms with E-state index in [4.69, 9.17) is 0 Å². The van der Waals surface area contributed by atoms with Crippen LogP contribution in [0.5, 0.6) is 0 Å². The van der Waals surface area contributed by atoms with Gasteiger partial charge in [-0.3, -0.25) is 9.78 Å². The zero-order valence-corrected chi connectivity index (χ0v) is 14.7. The Morgan fingerprint density at radius 2 is 1.88 bits per heavy atom. The van der Waals surface area contributed by atoms with Gasteiger partial charge in [0.15, 0.2) is 0 Å². The third kappa shape index (κ3) is 4.25. The Balaban J connectivity index is 1.71. The third-order valence-electron chi connectivity index (χ3n) is 4.07. The molecule has 0 atom stereocenters. The molecule has 5 heteroatoms. The molecule has 0 bridgehead atoms. The second-order valence-corrected chi connectivity index (χ2v) is 6.15. The molecule has 0 saturated carbocycles. The first kappa shape index (κ1) is 17.6. The number of anilines is 2. The van der Waals surface area contributed by atoms with Gasteiger partial charge in [-0.25, -0.2) is 4.39 Å². The third-order valence-corrected chi connectivity index (χ3v) is 4.07. The summed E-state index contributed by atoms with van der Waals surface area (Å²) in [4.78, 5) is 16.6. The molecular formula is C21H20FN3O. The van der Waals surface area contributed by atoms with Crippen molar-refractivity contribution >= 4 is 17.3 Å². The van der Waals surface area contributed by atoms with Gasteiger partial charge in [-0.15, -0.1) is 0 Å². The zero-order valence-electron chi connectivity index (χ0n) is 14.7. The van der Waals surface area contributed by atoms with Crippen molar-refractivity contribution in [2.45, 2.75) is 20.4 Å². The second kappa shape index (κ2) is 7.78. The van der Waals surface area contributed by atoms with Gasteiger partial charge in [0.1, 0.15) is 11.5 Å². The van der Waals surface area contributed by atoms with Crippen LogP contribution in [-0.2, 0) is 6.54 Å². The van der Waals surface area contributed by atoms with Crippen LogP contribution in [0.1, 0.15) is 27.2 Å². The van der Waals surface area contributed by atoms with Crippen molar-refractivity contribution < 1.29 is 9.18 Å². The maximum Gasteiger partial charge on any atom is 0.274 e. The van der Waals surface area contributed by atoms with Gasteiger partial charge in [-0.2, -0.15) is 0 Å². The highest BCUT2D eigenvalue weighted by Gasteiger charge is 2.10. The van der Waals surface area contributed by atoms with Gasteiger partial charge in [0.25, 0.3) is 5.91 Å². The maximum atomic E-state index is 13.7. The Hall–Kier alpha value is -3.21. The number of aryl methyl sites for hydroxylation is 2. The van der Waals surface area contributed by atoms with E-state index in [-0.39, 0.29) is 11.7 Å². The summed E-state index contributed by atoms with van der Waals surface area (Å²) in [6.45, 7) is 4.24. The van der Waals surface area contributed by atoms with E-state index in [0.29, 0.717) is 23.5 Å². The van der Waals surface area contributed by atoms with Crippen LogP contribution in [0.2, 0.25) is 0 Å². The van der Waals surface area contributed by atoms with Gasteiger partial charge >= 0.3 is 0 Å². The van der Waals surface area contributed by atoms with E-state index in [1.807, 2.05) is 32.0 Å². The van der Waals surface area contributed by atoms with Crippen molar-refractivity contribution in [2.24, 2.45) is 0 Å². The zero-order chi connectivity index (χ0) is 18.5. The first-order chi connectivity index (χ1) is 12.5. The molecule has 0 radical (unpaired) electrons. The van der Waals surface area contributed by atoms with Gasteiger partial charge in [0, 0.05) is 29.7 Å². The fourth-order valence-corrected chi connectivity index (χ4v) is 2.56. The lowest BCUT2D eigenvalue weighted by Gasteiger charge is -2.11. The summed E-state index contributed by atoms with van der Waals surface area (Å²) in [6, 6.07) is 15.9. The Bertz CT molecular complexity index is 940. The van der Waals surface area contributed by atoms with E-state index in [0.717, 1.165) is 16.8 Å². The van der Waals surface area contributed by atoms with Crippen molar-refractivity contribution in [3.8, 4) is 0 Å². The highest BCUT2D eigenvalue weighted by Crippen LogP contribution is 2.18. The molecule has 1 aromatic heterocycles. The van der Waals surface area contributed by atoms with Gasteiger partial charge in [-0.05, 0) is 49.2 Å². The Labute approximate surface area is 152 Å². The van der Waals surface area contributed by atoms with Crippen LogP contribution < -0.4 is 10.6 Å². The van der Waals surface area contributed by atoms with E-state index in [9.17, 15) is 9.18 Å². The number of hydrogen-bond acceptors (Lipinski definition) is 3. The number of nitrogens with zero attached hydrogens (tertiary/aromatic N) is 1. The molecule has 1 amide bonds. The van der Waals surface area contributed by atoms with Crippen molar-refractivity contribution in [3.63, 3.8) is 0 Å². The van der Waals surface area contributed by atoms with E-state index >= 15 is 0 Å². The van der Waals surface area contributed by atoms with Crippen LogP contribution in [0.25, 0.3) is 0 Å². The second-order valence-electron chi connectivity index (χ2n) is 6.15. The predicted molar refractivity (Wildman–Crippen MR) is 102 cm³/mol. The summed E-state index contributed by atoms with van der Waals surface area (Å²) in [5, 5.41) is 6.01. The van der Waals surface area contributed by atoms with E-state index < -0.39 is 0 Å². The van der Waals surface area contributed by atoms with Crippen molar-refractivity contribution in [1.29, 1.82) is 0 Å². The minimum Gasteiger partial charge on any atom is -0.381 e. The number of carbonyl (C=O) groups is 1. The van der Waals surface area contributed by atoms with Gasteiger partial charge < -0.3 is 10.6 Å². The number of aromatic nitrogens is 1. The molecule has 1 heterocycles. The fraction of sp³-hybridized carbons (Fsp3) is 0.143. The fourth-order valence-electron chi connectivity index (χ4n) is 2.56. The van der Waals surface area contributed by atoms with Gasteiger partial charge in [0.05, 0.1) is 0 Å². The molecule has 3 aromatic rings. The molecule has 132 valence electrons. The van der Waals surface area contributed by atoms with Crippen LogP contribution >= 0.6 is 0 Å². The maximum absolute atomic E-state index is 13.7. The number of nitrogens with one attached hydrogen (secondary N) is 2. The Kier molecular flexibility index (Phi) is 5.27. The molecule has 4 nitrogen and oxygen atoms in total. The summed E-state index contributed by atoms with van der Waals surface area (Å²) in [5.74, 6) is -0.546. The topological polar surface area (TPSA) is 54.0 Å². The quantitative estimate of drug-likeness (QED) is 0.702. The molecule has 0 aliphatic carbocycles. The van der Waals surface area contributed by atoms with E-state index in [1.165, 1.54) is 6.07 Å². The van der Waals surface area contributed by atoms with Crippen LogP contribution in [0.15, 0.2) is 60.8 Å². The van der Waals surface area contributed by atoms with Crippen LogP contribution in [0, 0.1) is 19.7 Å². The lowest BCUT2D eigenvalue weighted by Crippen LogP contribution is -2.15. The summed E-state index contributed by atoms with van der Waals surface area (Å²) < 4.78 is 13.7. The molecular weight excluding hydrogens is 329 g/mol. The highest BCUT2D eigenvalue weighted by atomic mass is 19.1. The van der Waals surface area contributed by atoms with Crippen molar-refractivity contribution in [1.82, 2.24) is 4.98 Å². The number of amides is 1. The summed E-state index contributed by atoms with van der Waals surface area (Å²) in [7, 11) is 0. The minimum atomic E-state index is -0.284. The highest BCUT2D eigenvalue weighted by molar-refractivity contribution is 6.03. The Morgan fingerprint density at radius 1 is 1.08 bits per heavy atom. The number of pyridine rings is 1. The summed E-state index contributed by atoms with van der Waals surface area (Å²) in [5.41, 5.74) is 4.38. The molecule has 0 unspecified atom stereocenters. The monoisotopic (exact) mass is 349 g/mol. The first-order valence-corrected chi connectivity index (χ1v) is 8.35. The van der Waals surface area contributed by atoms with Crippen LogP contribution in [0.4, 0.5) is 15.8 Å². The normalized spacial score (nSPS) is 10.4. The average Bonchev–Trinajstić information content (AvgIpc) is 2.64. The number of halogens is 1. The predicted octanol–water partition coefficient (Wildman–Crippen LogP) is 4.70. The minimum absolute atomic E-state index is 0.262. The van der Waals surface area contributed by atoms with Crippen molar-refractivity contribution in [2.75, 3.05) is 10.6 Å². The van der Waals surface area contributed by atoms with Crippen LogP contribution in [-0.4, -0.2) is 10.9 Å². The Morgan fingerprint density at radius 3 is 2.69 bits per heavy atom. The van der Waals surface area contributed by atoms with Crippen LogP contribution in [0.3, 0.4) is 0 Å². The largest absolute Gasteiger partial charge is 0.381 e. The molecule has 26 heavy (non-hydrogen) atoms. The van der Waals surface area contributed by atoms with Gasteiger partial charge in [-0.1, -0.05) is 30.3 Å². The van der Waals surface area contributed by atoms with Gasteiger partial charge in [0.2, 0.25) is 0 Å². The number of carbonyl (C=O) groups excluding carboxylic acids is 1. The van der Waals surface area contributed by atoms with E-state index in [2.05, 4.69) is 15.6 Å². The average molecular weight is 349 g/mol. The number of hydrogen-bond donors (Lipinski definition) is 2. The number of benzene rings is 2. The molecule has 2 aromatic carbocycles. The first-order valence-electron chi connectivity index (χ1n) is 8.35. The standard InChI is InChI=1S/C21H20FN3O/c1-14-7-8-15(2)19(11-14)25-21(26)20-12-17(9-10-23-20)24-13-16-5-3-4-6-18(16)22/h3-12H,13H2,1-2H3,(H,23,24)(H,25,26). The molecule has 0 aliphatic rings. The van der Waals surface area contributed by atoms with Crippen molar-refractivity contribution in [3.05, 3.63) is 89.0 Å². The van der Waals surface area contributed by atoms with E-state index in [1.54, 1.807) is 36.5 Å². The number of rotatable bonds is 5. The molecule has 0 spiro atoms. The SMILES string of the molecule is Cc1ccc(C)c(NC(=O)c2cc(NCc3ccccc3F)ccn2)c1. The molecule has 0 saturated heterocycles. The summed E-state index contributed by atoms with van der Waals surface area (Å²) >= 11 is 0. The lowest BCUT2D eigenvalue weighted by molar-refractivity contribution is 0.102. The summed E-state index contributed by atoms with van der Waals surface area (Å²) in [6.07, 6.45) is 1.56. The molecule has 0 aliphatic heterocycles. The smallest absolute Gasteiger partial charge is 0.274 e. The molecule has 0 fully saturated rings. The molecule has 3 rings (SSSR count).